The molecule has 0 aromatic heterocycles. The Morgan fingerprint density at radius 2 is 2.10 bits per heavy atom. The Morgan fingerprint density at radius 1 is 1.33 bits per heavy atom. The molecule has 0 spiro atoms. The predicted octanol–water partition coefficient (Wildman–Crippen LogP) is 2.76. The van der Waals surface area contributed by atoms with Gasteiger partial charge in [0.2, 0.25) is 5.91 Å². The second kappa shape index (κ2) is 7.43. The lowest BCUT2D eigenvalue weighted by molar-refractivity contribution is -0.115. The van der Waals surface area contributed by atoms with Gasteiger partial charge in [-0.25, -0.2) is 4.79 Å². The average molecular weight is 311 g/mol. The molecule has 1 fully saturated rings. The van der Waals surface area contributed by atoms with E-state index < -0.39 is 5.97 Å². The van der Waals surface area contributed by atoms with Crippen LogP contribution in [0.15, 0.2) is 18.2 Å². The average Bonchev–Trinajstić information content (AvgIpc) is 2.38. The molecular weight excluding hydrogens is 292 g/mol. The Kier molecular flexibility index (Phi) is 5.59. The van der Waals surface area contributed by atoms with E-state index in [0.717, 1.165) is 18.9 Å². The molecule has 0 radical (unpaired) electrons. The summed E-state index contributed by atoms with van der Waals surface area (Å²) in [5.41, 5.74) is 0.412. The van der Waals surface area contributed by atoms with Gasteiger partial charge in [-0.2, -0.15) is 0 Å². The summed E-state index contributed by atoms with van der Waals surface area (Å²) in [4.78, 5) is 22.7. The normalized spacial score (nSPS) is 14.5. The Balaban J connectivity index is 1.78. The van der Waals surface area contributed by atoms with Gasteiger partial charge in [-0.3, -0.25) is 4.79 Å². The van der Waals surface area contributed by atoms with Gasteiger partial charge in [-0.05, 0) is 37.1 Å². The molecule has 3 N–H and O–H groups in total. The molecule has 0 aliphatic heterocycles. The molecule has 0 bridgehead atoms. The molecule has 1 aromatic rings. The molecule has 21 heavy (non-hydrogen) atoms. The minimum Gasteiger partial charge on any atom is -0.478 e. The second-order valence-electron chi connectivity index (χ2n) is 5.31. The Bertz CT molecular complexity index is 530. The number of carbonyl (C=O) groups excluding carboxylic acids is 1. The van der Waals surface area contributed by atoms with Crippen LogP contribution in [0.1, 0.15) is 36.0 Å². The molecule has 114 valence electrons. The third-order valence-electron chi connectivity index (χ3n) is 3.73. The van der Waals surface area contributed by atoms with E-state index in [1.54, 1.807) is 0 Å². The van der Waals surface area contributed by atoms with Gasteiger partial charge in [0.25, 0.3) is 0 Å². The van der Waals surface area contributed by atoms with Gasteiger partial charge in [-0.15, -0.1) is 0 Å². The number of hydrogen-bond acceptors (Lipinski definition) is 3. The first-order chi connectivity index (χ1) is 10.1. The van der Waals surface area contributed by atoms with Gasteiger partial charge < -0.3 is 15.7 Å². The lowest BCUT2D eigenvalue weighted by Crippen LogP contribution is -2.30. The summed E-state index contributed by atoms with van der Waals surface area (Å²) in [6.07, 6.45) is 5.02. The molecule has 0 heterocycles. The van der Waals surface area contributed by atoms with Crippen molar-refractivity contribution in [3.8, 4) is 0 Å². The third kappa shape index (κ3) is 4.72. The van der Waals surface area contributed by atoms with Crippen LogP contribution in [0.2, 0.25) is 5.02 Å². The van der Waals surface area contributed by atoms with E-state index in [0.29, 0.717) is 10.7 Å². The molecule has 1 amide bonds. The fourth-order valence-corrected chi connectivity index (χ4v) is 2.40. The zero-order chi connectivity index (χ0) is 15.2. The van der Waals surface area contributed by atoms with Crippen molar-refractivity contribution >= 4 is 29.2 Å². The van der Waals surface area contributed by atoms with E-state index in [1.807, 2.05) is 0 Å². The van der Waals surface area contributed by atoms with Gasteiger partial charge in [-0.1, -0.05) is 30.9 Å². The largest absolute Gasteiger partial charge is 0.478 e. The number of anilines is 1. The van der Waals surface area contributed by atoms with Crippen LogP contribution in [0.4, 0.5) is 5.69 Å². The van der Waals surface area contributed by atoms with Crippen molar-refractivity contribution in [2.75, 3.05) is 18.4 Å². The Hall–Kier alpha value is -1.59. The van der Waals surface area contributed by atoms with Crippen LogP contribution in [0.25, 0.3) is 0 Å². The van der Waals surface area contributed by atoms with Crippen molar-refractivity contribution in [3.63, 3.8) is 0 Å². The maximum atomic E-state index is 11.8. The van der Waals surface area contributed by atoms with Crippen LogP contribution in [0, 0.1) is 5.92 Å². The van der Waals surface area contributed by atoms with E-state index in [9.17, 15) is 9.59 Å². The molecule has 6 heteroatoms. The fraction of sp³-hybridized carbons (Fsp3) is 0.467. The lowest BCUT2D eigenvalue weighted by atomic mass is 9.83. The highest BCUT2D eigenvalue weighted by Gasteiger charge is 2.16. The molecule has 1 saturated carbocycles. The number of amides is 1. The number of rotatable bonds is 7. The maximum absolute atomic E-state index is 11.8. The van der Waals surface area contributed by atoms with Crippen molar-refractivity contribution in [1.82, 2.24) is 5.32 Å². The highest BCUT2D eigenvalue weighted by atomic mass is 35.5. The predicted molar refractivity (Wildman–Crippen MR) is 81.9 cm³/mol. The number of carboxylic acid groups (broad SMARTS) is 1. The molecule has 1 aliphatic rings. The number of hydrogen-bond donors (Lipinski definition) is 3. The number of benzene rings is 1. The van der Waals surface area contributed by atoms with E-state index in [2.05, 4.69) is 10.6 Å². The molecule has 1 aliphatic carbocycles. The van der Waals surface area contributed by atoms with Crippen LogP contribution in [-0.2, 0) is 4.79 Å². The van der Waals surface area contributed by atoms with Gasteiger partial charge in [0.15, 0.2) is 0 Å². The summed E-state index contributed by atoms with van der Waals surface area (Å²) in [6.45, 7) is 1.02. The van der Waals surface area contributed by atoms with Crippen molar-refractivity contribution in [2.45, 2.75) is 25.7 Å². The monoisotopic (exact) mass is 310 g/mol. The van der Waals surface area contributed by atoms with E-state index in [1.165, 1.54) is 37.5 Å². The van der Waals surface area contributed by atoms with Crippen LogP contribution >= 0.6 is 11.6 Å². The molecule has 0 saturated heterocycles. The first kappa shape index (κ1) is 15.8. The standard InChI is InChI=1S/C15H19ClN2O3/c16-12-5-4-11(15(20)21)8-13(12)18-14(19)9-17-7-6-10-2-1-3-10/h4-5,8,10,17H,1-3,6-7,9H2,(H,18,19)(H,20,21). The van der Waals surface area contributed by atoms with E-state index in [-0.39, 0.29) is 18.0 Å². The molecule has 1 aromatic carbocycles. The van der Waals surface area contributed by atoms with Crippen LogP contribution in [0.5, 0.6) is 0 Å². The number of nitrogens with one attached hydrogen (secondary N) is 2. The van der Waals surface area contributed by atoms with Crippen molar-refractivity contribution in [1.29, 1.82) is 0 Å². The quantitative estimate of drug-likeness (QED) is 0.677. The highest BCUT2D eigenvalue weighted by molar-refractivity contribution is 6.33. The van der Waals surface area contributed by atoms with Crippen LogP contribution in [-0.4, -0.2) is 30.1 Å². The molecule has 0 unspecified atom stereocenters. The number of carbonyl (C=O) groups is 2. The van der Waals surface area contributed by atoms with Crippen LogP contribution < -0.4 is 10.6 Å². The van der Waals surface area contributed by atoms with Crippen LogP contribution in [0.3, 0.4) is 0 Å². The zero-order valence-electron chi connectivity index (χ0n) is 11.7. The summed E-state index contributed by atoms with van der Waals surface area (Å²) in [6, 6.07) is 4.22. The smallest absolute Gasteiger partial charge is 0.335 e. The highest BCUT2D eigenvalue weighted by Crippen LogP contribution is 2.28. The van der Waals surface area contributed by atoms with Crippen molar-refractivity contribution in [2.24, 2.45) is 5.92 Å². The minimum atomic E-state index is -1.05. The molecular formula is C15H19ClN2O3. The third-order valence-corrected chi connectivity index (χ3v) is 4.06. The molecule has 2 rings (SSSR count). The Labute approximate surface area is 128 Å². The van der Waals surface area contributed by atoms with Gasteiger partial charge in [0.05, 0.1) is 22.8 Å². The lowest BCUT2D eigenvalue weighted by Gasteiger charge is -2.25. The van der Waals surface area contributed by atoms with Gasteiger partial charge in [0, 0.05) is 0 Å². The molecule has 5 nitrogen and oxygen atoms in total. The summed E-state index contributed by atoms with van der Waals surface area (Å²) >= 11 is 5.95. The summed E-state index contributed by atoms with van der Waals surface area (Å²) in [5, 5.41) is 15.0. The SMILES string of the molecule is O=C(CNCCC1CCC1)Nc1cc(C(=O)O)ccc1Cl. The van der Waals surface area contributed by atoms with Gasteiger partial charge in [0.1, 0.15) is 0 Å². The summed E-state index contributed by atoms with van der Waals surface area (Å²) in [5.74, 6) is -0.476. The fourth-order valence-electron chi connectivity index (χ4n) is 2.24. The maximum Gasteiger partial charge on any atom is 0.335 e. The second-order valence-corrected chi connectivity index (χ2v) is 5.72. The van der Waals surface area contributed by atoms with E-state index >= 15 is 0 Å². The summed E-state index contributed by atoms with van der Waals surface area (Å²) < 4.78 is 0. The zero-order valence-corrected chi connectivity index (χ0v) is 12.4. The van der Waals surface area contributed by atoms with Crippen molar-refractivity contribution in [3.05, 3.63) is 28.8 Å². The topological polar surface area (TPSA) is 78.4 Å². The summed E-state index contributed by atoms with van der Waals surface area (Å²) in [7, 11) is 0. The number of carboxylic acids is 1. The Morgan fingerprint density at radius 3 is 2.71 bits per heavy atom. The minimum absolute atomic E-state index is 0.0904. The first-order valence-electron chi connectivity index (χ1n) is 7.09. The molecule has 0 atom stereocenters. The first-order valence-corrected chi connectivity index (χ1v) is 7.47. The number of halogens is 1. The van der Waals surface area contributed by atoms with E-state index in [4.69, 9.17) is 16.7 Å². The number of aromatic carboxylic acids is 1. The van der Waals surface area contributed by atoms with Gasteiger partial charge >= 0.3 is 5.97 Å². The van der Waals surface area contributed by atoms with Crippen molar-refractivity contribution < 1.29 is 14.7 Å².